The lowest BCUT2D eigenvalue weighted by Gasteiger charge is -2.05. The first kappa shape index (κ1) is 11.9. The Labute approximate surface area is 116 Å². The molecule has 0 saturated heterocycles. The highest BCUT2D eigenvalue weighted by molar-refractivity contribution is 14.1. The minimum atomic E-state index is 0.586. The zero-order valence-corrected chi connectivity index (χ0v) is 12.5. The maximum Gasteiger partial charge on any atom is 0.149 e. The number of halogens is 2. The molecule has 0 unspecified atom stereocenters. The molecule has 0 fully saturated rings. The molecule has 5 heteroatoms. The van der Waals surface area contributed by atoms with Gasteiger partial charge in [0, 0.05) is 19.2 Å². The summed E-state index contributed by atoms with van der Waals surface area (Å²) in [6.45, 7) is 2.08. The van der Waals surface area contributed by atoms with Crippen molar-refractivity contribution in [2.75, 3.05) is 5.73 Å². The maximum atomic E-state index is 5.82. The fourth-order valence-corrected chi connectivity index (χ4v) is 2.58. The Hall–Kier alpha value is -0.560. The van der Waals surface area contributed by atoms with Crippen molar-refractivity contribution in [2.24, 2.45) is 0 Å². The van der Waals surface area contributed by atoms with Crippen LogP contribution in [0.15, 0.2) is 22.7 Å². The summed E-state index contributed by atoms with van der Waals surface area (Å²) in [6.07, 6.45) is 0.871. The van der Waals surface area contributed by atoms with Gasteiger partial charge in [-0.1, -0.05) is 22.9 Å². The molecule has 0 amide bonds. The number of hydrogen-bond donors (Lipinski definition) is 2. The third-order valence-electron chi connectivity index (χ3n) is 2.45. The third kappa shape index (κ3) is 2.10. The van der Waals surface area contributed by atoms with Crippen LogP contribution in [0.4, 0.5) is 5.82 Å². The molecule has 0 spiro atoms. The van der Waals surface area contributed by atoms with Gasteiger partial charge in [0.15, 0.2) is 0 Å². The van der Waals surface area contributed by atoms with Gasteiger partial charge in [0.05, 0.1) is 5.69 Å². The van der Waals surface area contributed by atoms with E-state index in [2.05, 4.69) is 67.8 Å². The molecule has 16 heavy (non-hydrogen) atoms. The Kier molecular flexibility index (Phi) is 3.53. The van der Waals surface area contributed by atoms with Crippen molar-refractivity contribution >= 4 is 44.3 Å². The van der Waals surface area contributed by atoms with Gasteiger partial charge in [0.2, 0.25) is 0 Å². The van der Waals surface area contributed by atoms with E-state index < -0.39 is 0 Å². The Morgan fingerprint density at radius 1 is 1.50 bits per heavy atom. The monoisotopic (exact) mass is 391 g/mol. The molecule has 1 aromatic heterocycles. The molecule has 1 heterocycles. The van der Waals surface area contributed by atoms with E-state index in [4.69, 9.17) is 5.73 Å². The summed E-state index contributed by atoms with van der Waals surface area (Å²) in [5, 5.41) is 7.07. The number of aromatic amines is 1. The van der Waals surface area contributed by atoms with Crippen molar-refractivity contribution in [1.82, 2.24) is 10.2 Å². The van der Waals surface area contributed by atoms with Crippen LogP contribution in [-0.4, -0.2) is 10.2 Å². The maximum absolute atomic E-state index is 5.82. The first-order valence-corrected chi connectivity index (χ1v) is 6.78. The van der Waals surface area contributed by atoms with E-state index in [1.54, 1.807) is 0 Å². The van der Waals surface area contributed by atoms with Crippen LogP contribution in [0.25, 0.3) is 11.3 Å². The van der Waals surface area contributed by atoms with E-state index >= 15 is 0 Å². The molecule has 84 valence electrons. The highest BCUT2D eigenvalue weighted by Crippen LogP contribution is 2.32. The number of benzene rings is 1. The van der Waals surface area contributed by atoms with E-state index in [-0.39, 0.29) is 0 Å². The lowest BCUT2D eigenvalue weighted by Crippen LogP contribution is -1.91. The van der Waals surface area contributed by atoms with Gasteiger partial charge in [-0.25, -0.2) is 0 Å². The van der Waals surface area contributed by atoms with Crippen molar-refractivity contribution in [1.29, 1.82) is 0 Å². The summed E-state index contributed by atoms with van der Waals surface area (Å²) >= 11 is 5.84. The molecule has 0 aliphatic carbocycles. The van der Waals surface area contributed by atoms with Gasteiger partial charge in [-0.15, -0.1) is 0 Å². The summed E-state index contributed by atoms with van der Waals surface area (Å²) in [5.74, 6) is 0.586. The molecule has 0 atom stereocenters. The molecule has 0 aliphatic rings. The number of H-pyrrole nitrogens is 1. The van der Waals surface area contributed by atoms with Crippen LogP contribution in [0.3, 0.4) is 0 Å². The van der Waals surface area contributed by atoms with Gasteiger partial charge in [0.1, 0.15) is 5.82 Å². The van der Waals surface area contributed by atoms with Crippen molar-refractivity contribution < 1.29 is 0 Å². The minimum absolute atomic E-state index is 0.586. The highest BCUT2D eigenvalue weighted by Gasteiger charge is 2.13. The summed E-state index contributed by atoms with van der Waals surface area (Å²) in [5.41, 5.74) is 9.00. The molecular formula is C11H11BrIN3. The lowest BCUT2D eigenvalue weighted by molar-refractivity contribution is 1.10. The number of nitrogens with zero attached hydrogens (tertiary/aromatic N) is 1. The minimum Gasteiger partial charge on any atom is -0.382 e. The number of nitrogens with one attached hydrogen (secondary N) is 1. The van der Waals surface area contributed by atoms with E-state index in [9.17, 15) is 0 Å². The summed E-state index contributed by atoms with van der Waals surface area (Å²) in [6, 6.07) is 6.20. The Morgan fingerprint density at radius 3 is 2.94 bits per heavy atom. The van der Waals surface area contributed by atoms with Crippen LogP contribution in [0.5, 0.6) is 0 Å². The van der Waals surface area contributed by atoms with Gasteiger partial charge < -0.3 is 5.73 Å². The number of aromatic nitrogens is 2. The average Bonchev–Trinajstić information content (AvgIpc) is 2.63. The Bertz CT molecular complexity index is 522. The predicted octanol–water partition coefficient (Wildman–Crippen LogP) is 3.59. The fourth-order valence-electron chi connectivity index (χ4n) is 1.65. The predicted molar refractivity (Wildman–Crippen MR) is 78.2 cm³/mol. The normalized spacial score (nSPS) is 10.7. The standard InChI is InChI=1S/C11H11BrIN3/c1-2-7-10(15-16-11(7)14)8-5-6(13)3-4-9(8)12/h3-5H,2H2,1H3,(H3,14,15,16). The Morgan fingerprint density at radius 2 is 2.25 bits per heavy atom. The second kappa shape index (κ2) is 4.75. The zero-order valence-electron chi connectivity index (χ0n) is 8.72. The molecule has 3 nitrogen and oxygen atoms in total. The van der Waals surface area contributed by atoms with Crippen LogP contribution in [0, 0.1) is 3.57 Å². The van der Waals surface area contributed by atoms with E-state index in [1.807, 2.05) is 6.07 Å². The number of anilines is 1. The second-order valence-electron chi connectivity index (χ2n) is 3.44. The molecule has 1 aromatic carbocycles. The zero-order chi connectivity index (χ0) is 11.7. The number of nitrogen functional groups attached to an aromatic ring is 1. The van der Waals surface area contributed by atoms with Crippen molar-refractivity contribution in [3.05, 3.63) is 31.8 Å². The van der Waals surface area contributed by atoms with E-state index in [1.165, 1.54) is 3.57 Å². The lowest BCUT2D eigenvalue weighted by atomic mass is 10.1. The first-order valence-electron chi connectivity index (χ1n) is 4.91. The van der Waals surface area contributed by atoms with Gasteiger partial charge in [-0.2, -0.15) is 5.10 Å². The molecule has 0 radical (unpaired) electrons. The summed E-state index contributed by atoms with van der Waals surface area (Å²) in [7, 11) is 0. The second-order valence-corrected chi connectivity index (χ2v) is 5.54. The molecule has 0 aliphatic heterocycles. The molecule has 3 N–H and O–H groups in total. The summed E-state index contributed by atoms with van der Waals surface area (Å²) in [4.78, 5) is 0. The van der Waals surface area contributed by atoms with Crippen LogP contribution in [0.2, 0.25) is 0 Å². The van der Waals surface area contributed by atoms with Gasteiger partial charge >= 0.3 is 0 Å². The van der Waals surface area contributed by atoms with Crippen LogP contribution >= 0.6 is 38.5 Å². The van der Waals surface area contributed by atoms with Crippen molar-refractivity contribution in [2.45, 2.75) is 13.3 Å². The molecular weight excluding hydrogens is 381 g/mol. The topological polar surface area (TPSA) is 54.7 Å². The van der Waals surface area contributed by atoms with Crippen LogP contribution in [0.1, 0.15) is 12.5 Å². The van der Waals surface area contributed by atoms with Crippen molar-refractivity contribution in [3.63, 3.8) is 0 Å². The third-order valence-corrected chi connectivity index (χ3v) is 3.81. The highest BCUT2D eigenvalue weighted by atomic mass is 127. The number of rotatable bonds is 2. The molecule has 2 rings (SSSR count). The van der Waals surface area contributed by atoms with Crippen LogP contribution < -0.4 is 5.73 Å². The SMILES string of the molecule is CCc1c(N)n[nH]c1-c1cc(I)ccc1Br. The quantitative estimate of drug-likeness (QED) is 0.768. The number of hydrogen-bond acceptors (Lipinski definition) is 2. The first-order chi connectivity index (χ1) is 7.63. The molecule has 0 saturated carbocycles. The largest absolute Gasteiger partial charge is 0.382 e. The van der Waals surface area contributed by atoms with E-state index in [0.29, 0.717) is 5.82 Å². The number of nitrogens with two attached hydrogens (primary N) is 1. The van der Waals surface area contributed by atoms with Gasteiger partial charge in [-0.05, 0) is 47.2 Å². The molecule has 0 bridgehead atoms. The van der Waals surface area contributed by atoms with E-state index in [0.717, 1.165) is 27.7 Å². The van der Waals surface area contributed by atoms with Crippen molar-refractivity contribution in [3.8, 4) is 11.3 Å². The Balaban J connectivity index is 2.62. The van der Waals surface area contributed by atoms with Crippen LogP contribution in [-0.2, 0) is 6.42 Å². The molecule has 2 aromatic rings. The smallest absolute Gasteiger partial charge is 0.149 e. The average molecular weight is 392 g/mol. The summed E-state index contributed by atoms with van der Waals surface area (Å²) < 4.78 is 2.23. The van der Waals surface area contributed by atoms with Gasteiger partial charge in [0.25, 0.3) is 0 Å². The fraction of sp³-hybridized carbons (Fsp3) is 0.182. The van der Waals surface area contributed by atoms with Gasteiger partial charge in [-0.3, -0.25) is 5.10 Å².